The van der Waals surface area contributed by atoms with E-state index in [9.17, 15) is 13.2 Å². The Morgan fingerprint density at radius 3 is 2.53 bits per heavy atom. The third-order valence-electron chi connectivity index (χ3n) is 4.83. The Kier molecular flexibility index (Phi) is 5.98. The van der Waals surface area contributed by atoms with E-state index in [1.807, 2.05) is 48.5 Å². The Morgan fingerprint density at radius 2 is 1.80 bits per heavy atom. The minimum absolute atomic E-state index is 0.163. The second-order valence-electron chi connectivity index (χ2n) is 6.95. The number of thioether (sulfide) groups is 1. The quantitative estimate of drug-likeness (QED) is 0.582. The van der Waals surface area contributed by atoms with Crippen molar-refractivity contribution in [1.29, 1.82) is 0 Å². The molecular weight excluding hydrogens is 424 g/mol. The lowest BCUT2D eigenvalue weighted by Crippen LogP contribution is -2.48. The highest BCUT2D eigenvalue weighted by Gasteiger charge is 2.24. The Labute approximate surface area is 179 Å². The minimum atomic E-state index is -3.18. The van der Waals surface area contributed by atoms with Crippen molar-refractivity contribution in [2.24, 2.45) is 0 Å². The molecule has 0 atom stereocenters. The second kappa shape index (κ2) is 8.66. The van der Waals surface area contributed by atoms with Crippen LogP contribution in [-0.2, 0) is 14.8 Å². The molecule has 4 rings (SSSR count). The van der Waals surface area contributed by atoms with Gasteiger partial charge in [0, 0.05) is 26.2 Å². The monoisotopic (exact) mass is 446 g/mol. The van der Waals surface area contributed by atoms with Gasteiger partial charge in [0.1, 0.15) is 5.52 Å². The largest absolute Gasteiger partial charge is 0.431 e. The zero-order chi connectivity index (χ0) is 21.1. The van der Waals surface area contributed by atoms with Gasteiger partial charge in [0.05, 0.1) is 23.4 Å². The van der Waals surface area contributed by atoms with Gasteiger partial charge in [0.2, 0.25) is 15.9 Å². The molecule has 0 spiro atoms. The molecule has 10 heteroatoms. The van der Waals surface area contributed by atoms with Gasteiger partial charge in [-0.05, 0) is 24.3 Å². The summed E-state index contributed by atoms with van der Waals surface area (Å²) in [4.78, 5) is 19.0. The molecule has 1 fully saturated rings. The summed E-state index contributed by atoms with van der Waals surface area (Å²) in [5, 5.41) is 3.41. The number of oxazole rings is 1. The molecule has 8 nitrogen and oxygen atoms in total. The molecule has 1 saturated heterocycles. The molecule has 0 aliphatic carbocycles. The van der Waals surface area contributed by atoms with Gasteiger partial charge in [-0.2, -0.15) is 4.31 Å². The van der Waals surface area contributed by atoms with Gasteiger partial charge in [-0.15, -0.1) is 0 Å². The van der Waals surface area contributed by atoms with Gasteiger partial charge in [0.25, 0.3) is 5.22 Å². The minimum Gasteiger partial charge on any atom is -0.431 e. The molecule has 1 aliphatic rings. The molecule has 0 bridgehead atoms. The predicted octanol–water partition coefficient (Wildman–Crippen LogP) is 2.64. The van der Waals surface area contributed by atoms with E-state index >= 15 is 0 Å². The van der Waals surface area contributed by atoms with Crippen molar-refractivity contribution in [2.45, 2.75) is 5.22 Å². The van der Waals surface area contributed by atoms with Gasteiger partial charge < -0.3 is 14.6 Å². The number of hydrogen-bond acceptors (Lipinski definition) is 7. The number of aromatic nitrogens is 1. The fraction of sp³-hybridized carbons (Fsp3) is 0.300. The van der Waals surface area contributed by atoms with Crippen LogP contribution in [0.4, 0.5) is 11.4 Å². The first-order valence-electron chi connectivity index (χ1n) is 9.47. The molecule has 1 N–H and O–H groups in total. The number of fused-ring (bicyclic) bond motifs is 1. The first-order valence-corrected chi connectivity index (χ1v) is 12.3. The number of para-hydroxylation sites is 4. The lowest BCUT2D eigenvalue weighted by Gasteiger charge is -2.35. The van der Waals surface area contributed by atoms with Crippen molar-refractivity contribution in [3.05, 3.63) is 48.5 Å². The molecule has 2 aromatic carbocycles. The summed E-state index contributed by atoms with van der Waals surface area (Å²) in [5.41, 5.74) is 3.04. The number of benzene rings is 2. The summed E-state index contributed by atoms with van der Waals surface area (Å²) in [7, 11) is -3.18. The molecule has 1 aliphatic heterocycles. The van der Waals surface area contributed by atoms with Crippen LogP contribution in [0.2, 0.25) is 0 Å². The van der Waals surface area contributed by atoms with E-state index in [0.717, 1.165) is 11.2 Å². The van der Waals surface area contributed by atoms with Gasteiger partial charge in [-0.3, -0.25) is 4.79 Å². The predicted molar refractivity (Wildman–Crippen MR) is 118 cm³/mol. The average molecular weight is 447 g/mol. The van der Waals surface area contributed by atoms with Crippen LogP contribution < -0.4 is 10.2 Å². The third kappa shape index (κ3) is 4.77. The summed E-state index contributed by atoms with van der Waals surface area (Å²) in [6.45, 7) is 1.98. The Balaban J connectivity index is 1.38. The Bertz CT molecular complexity index is 1120. The second-order valence-corrected chi connectivity index (χ2v) is 9.86. The fourth-order valence-corrected chi connectivity index (χ4v) is 4.81. The highest BCUT2D eigenvalue weighted by atomic mass is 32.2. The first kappa shape index (κ1) is 20.7. The van der Waals surface area contributed by atoms with E-state index in [-0.39, 0.29) is 11.7 Å². The highest BCUT2D eigenvalue weighted by molar-refractivity contribution is 7.99. The summed E-state index contributed by atoms with van der Waals surface area (Å²) < 4.78 is 30.6. The van der Waals surface area contributed by atoms with Gasteiger partial charge in [-0.25, -0.2) is 13.4 Å². The van der Waals surface area contributed by atoms with E-state index in [0.29, 0.717) is 42.7 Å². The molecular formula is C20H22N4O4S2. The number of nitrogens with one attached hydrogen (secondary N) is 1. The van der Waals surface area contributed by atoms with Crippen LogP contribution in [0.25, 0.3) is 11.1 Å². The number of nitrogens with zero attached hydrogens (tertiary/aromatic N) is 3. The van der Waals surface area contributed by atoms with Crippen LogP contribution in [0.1, 0.15) is 0 Å². The average Bonchev–Trinajstić information content (AvgIpc) is 3.15. The summed E-state index contributed by atoms with van der Waals surface area (Å²) in [6, 6.07) is 15.0. The van der Waals surface area contributed by atoms with Crippen molar-refractivity contribution in [1.82, 2.24) is 9.29 Å². The topological polar surface area (TPSA) is 95.8 Å². The maximum absolute atomic E-state index is 12.5. The molecule has 1 amide bonds. The molecule has 30 heavy (non-hydrogen) atoms. The number of carbonyl (C=O) groups is 1. The van der Waals surface area contributed by atoms with Crippen molar-refractivity contribution >= 4 is 50.2 Å². The van der Waals surface area contributed by atoms with E-state index < -0.39 is 10.0 Å². The van der Waals surface area contributed by atoms with Crippen LogP contribution in [0.15, 0.2) is 58.2 Å². The molecule has 0 unspecified atom stereocenters. The summed E-state index contributed by atoms with van der Waals surface area (Å²) >= 11 is 1.24. The molecule has 1 aromatic heterocycles. The Morgan fingerprint density at radius 1 is 1.10 bits per heavy atom. The third-order valence-corrected chi connectivity index (χ3v) is 6.96. The van der Waals surface area contributed by atoms with Crippen molar-refractivity contribution in [3.63, 3.8) is 0 Å². The van der Waals surface area contributed by atoms with Crippen LogP contribution in [0.3, 0.4) is 0 Å². The Hall–Kier alpha value is -2.56. The summed E-state index contributed by atoms with van der Waals surface area (Å²) in [5.74, 6) is 0.00713. The van der Waals surface area contributed by atoms with Crippen LogP contribution in [0, 0.1) is 0 Å². The van der Waals surface area contributed by atoms with Crippen LogP contribution in [-0.4, -0.2) is 61.8 Å². The van der Waals surface area contributed by atoms with Crippen molar-refractivity contribution < 1.29 is 17.6 Å². The van der Waals surface area contributed by atoms with Crippen molar-refractivity contribution in [3.8, 4) is 0 Å². The highest BCUT2D eigenvalue weighted by Crippen LogP contribution is 2.28. The van der Waals surface area contributed by atoms with Gasteiger partial charge >= 0.3 is 0 Å². The number of rotatable bonds is 6. The number of sulfonamides is 1. The van der Waals surface area contributed by atoms with E-state index in [4.69, 9.17) is 4.42 Å². The van der Waals surface area contributed by atoms with Crippen LogP contribution in [0.5, 0.6) is 0 Å². The fourth-order valence-electron chi connectivity index (χ4n) is 3.34. The summed E-state index contributed by atoms with van der Waals surface area (Å²) in [6.07, 6.45) is 1.23. The number of amides is 1. The molecule has 158 valence electrons. The zero-order valence-corrected chi connectivity index (χ0v) is 18.1. The number of piperazine rings is 1. The molecule has 3 aromatic rings. The lowest BCUT2D eigenvalue weighted by molar-refractivity contribution is -0.113. The van der Waals surface area contributed by atoms with Crippen LogP contribution >= 0.6 is 11.8 Å². The SMILES string of the molecule is CS(=O)(=O)N1CCN(c2ccccc2NC(=O)CSc2nc3ccccc3o2)CC1. The van der Waals surface area contributed by atoms with E-state index in [1.54, 1.807) is 0 Å². The number of anilines is 2. The van der Waals surface area contributed by atoms with Gasteiger partial charge in [0.15, 0.2) is 5.58 Å². The number of carbonyl (C=O) groups excluding carboxylic acids is 1. The standard InChI is InChI=1S/C20H22N4O4S2/c1-30(26,27)24-12-10-23(11-13-24)17-8-4-2-6-15(17)21-19(25)14-29-20-22-16-7-3-5-9-18(16)28-20/h2-9H,10-14H2,1H3,(H,21,25). The molecule has 0 radical (unpaired) electrons. The molecule has 2 heterocycles. The van der Waals surface area contributed by atoms with E-state index in [2.05, 4.69) is 15.2 Å². The maximum atomic E-state index is 12.5. The smallest absolute Gasteiger partial charge is 0.257 e. The first-order chi connectivity index (χ1) is 14.4. The normalized spacial score (nSPS) is 15.4. The molecule has 0 saturated carbocycles. The lowest BCUT2D eigenvalue weighted by atomic mass is 10.2. The number of hydrogen-bond donors (Lipinski definition) is 1. The van der Waals surface area contributed by atoms with E-state index in [1.165, 1.54) is 22.3 Å². The maximum Gasteiger partial charge on any atom is 0.257 e. The van der Waals surface area contributed by atoms with Crippen molar-refractivity contribution in [2.75, 3.05) is 48.4 Å². The van der Waals surface area contributed by atoms with Gasteiger partial charge in [-0.1, -0.05) is 36.0 Å². The zero-order valence-electron chi connectivity index (χ0n) is 16.4.